The molecule has 4 heteroatoms. The third-order valence-electron chi connectivity index (χ3n) is 1.43. The summed E-state index contributed by atoms with van der Waals surface area (Å²) in [5.74, 6) is 0. The van der Waals surface area contributed by atoms with Gasteiger partial charge in [0.15, 0.2) is 0 Å². The first-order valence-electron chi connectivity index (χ1n) is 3.87. The van der Waals surface area contributed by atoms with Crippen molar-refractivity contribution in [1.82, 2.24) is 0 Å². The van der Waals surface area contributed by atoms with E-state index in [4.69, 9.17) is 9.79 Å². The van der Waals surface area contributed by atoms with Crippen molar-refractivity contribution < 1.29 is 26.9 Å². The Morgan fingerprint density at radius 3 is 1.64 bits per heavy atom. The number of hydrogen-bond donors (Lipinski definition) is 2. The maximum absolute atomic E-state index is 8.53. The first kappa shape index (κ1) is 13.6. The summed E-state index contributed by atoms with van der Waals surface area (Å²) in [7, 11) is -1.86. The van der Waals surface area contributed by atoms with Gasteiger partial charge in [0.2, 0.25) is 0 Å². The summed E-state index contributed by atoms with van der Waals surface area (Å²) < 4.78 is 0. The Morgan fingerprint density at radius 2 is 1.43 bits per heavy atom. The summed E-state index contributed by atoms with van der Waals surface area (Å²) in [6.45, 7) is 0. The molecule has 2 N–H and O–H groups in total. The van der Waals surface area contributed by atoms with Crippen LogP contribution in [0.3, 0.4) is 0 Å². The Hall–Kier alpha value is -0.431. The van der Waals surface area contributed by atoms with E-state index in [2.05, 4.69) is 0 Å². The summed E-state index contributed by atoms with van der Waals surface area (Å²) >= 11 is 0. The van der Waals surface area contributed by atoms with E-state index in [1.807, 2.05) is 30.3 Å². The van der Waals surface area contributed by atoms with Gasteiger partial charge < -0.3 is 9.79 Å². The molecule has 0 aliphatic carbocycles. The summed E-state index contributed by atoms with van der Waals surface area (Å²) in [5.41, 5.74) is 0. The standard InChI is InChI=1S/C5H6O2P.C5H5.Fe/c6-8(7)5-3-1-2-4-5;1-2-4-5-3-1;/h1-4,6-7H;1-5H;/q2*-1;+2. The summed E-state index contributed by atoms with van der Waals surface area (Å²) in [5, 5.41) is 0.611. The zero-order valence-corrected chi connectivity index (χ0v) is 9.39. The Kier molecular flexibility index (Phi) is 7.68. The van der Waals surface area contributed by atoms with Crippen LogP contribution in [-0.4, -0.2) is 9.79 Å². The van der Waals surface area contributed by atoms with E-state index < -0.39 is 8.38 Å². The Bertz CT molecular complexity index is 273. The predicted octanol–water partition coefficient (Wildman–Crippen LogP) is 1.73. The fourth-order valence-electron chi connectivity index (χ4n) is 0.818. The quantitative estimate of drug-likeness (QED) is 0.459. The van der Waals surface area contributed by atoms with Crippen LogP contribution < -0.4 is 5.30 Å². The van der Waals surface area contributed by atoms with Gasteiger partial charge in [0, 0.05) is 0 Å². The van der Waals surface area contributed by atoms with E-state index in [-0.39, 0.29) is 17.1 Å². The van der Waals surface area contributed by atoms with Gasteiger partial charge in [0.05, 0.1) is 0 Å². The Labute approximate surface area is 95.3 Å². The van der Waals surface area contributed by atoms with E-state index in [1.165, 1.54) is 0 Å². The first-order chi connectivity index (χ1) is 6.30. The molecule has 0 saturated carbocycles. The Morgan fingerprint density at radius 1 is 0.929 bits per heavy atom. The molecule has 2 rings (SSSR count). The predicted molar refractivity (Wildman–Crippen MR) is 55.1 cm³/mol. The van der Waals surface area contributed by atoms with Crippen molar-refractivity contribution in [3.05, 3.63) is 54.6 Å². The van der Waals surface area contributed by atoms with Crippen LogP contribution in [0.15, 0.2) is 54.6 Å². The molecule has 0 bridgehead atoms. The van der Waals surface area contributed by atoms with Gasteiger partial charge in [0.25, 0.3) is 0 Å². The largest absolute Gasteiger partial charge is 2.00 e. The number of rotatable bonds is 1. The van der Waals surface area contributed by atoms with Crippen molar-refractivity contribution >= 4 is 13.7 Å². The topological polar surface area (TPSA) is 40.5 Å². The second-order valence-corrected chi connectivity index (χ2v) is 3.49. The van der Waals surface area contributed by atoms with Gasteiger partial charge in [-0.25, -0.2) is 24.3 Å². The molecule has 0 aliphatic rings. The second kappa shape index (κ2) is 7.93. The molecule has 0 unspecified atom stereocenters. The third-order valence-corrected chi connectivity index (χ3v) is 2.19. The van der Waals surface area contributed by atoms with Crippen LogP contribution in [-0.2, 0) is 17.1 Å². The molecule has 76 valence electrons. The van der Waals surface area contributed by atoms with Crippen LogP contribution in [0.2, 0.25) is 0 Å². The molecule has 2 nitrogen and oxygen atoms in total. The molecule has 0 heterocycles. The van der Waals surface area contributed by atoms with Crippen molar-refractivity contribution in [3.8, 4) is 0 Å². The Balaban J connectivity index is 0.000000246. The molecule has 0 fully saturated rings. The van der Waals surface area contributed by atoms with Crippen LogP contribution >= 0.6 is 8.38 Å². The van der Waals surface area contributed by atoms with E-state index in [9.17, 15) is 0 Å². The monoisotopic (exact) mass is 250 g/mol. The van der Waals surface area contributed by atoms with Gasteiger partial charge in [-0.05, 0) is 0 Å². The minimum atomic E-state index is -1.86. The van der Waals surface area contributed by atoms with Crippen LogP contribution in [0.5, 0.6) is 0 Å². The number of hydrogen-bond acceptors (Lipinski definition) is 2. The fourth-order valence-corrected chi connectivity index (χ4v) is 1.26. The van der Waals surface area contributed by atoms with Gasteiger partial charge in [-0.2, -0.15) is 30.3 Å². The van der Waals surface area contributed by atoms with Crippen molar-refractivity contribution in [2.75, 3.05) is 0 Å². The van der Waals surface area contributed by atoms with Crippen LogP contribution in [0, 0.1) is 0 Å². The van der Waals surface area contributed by atoms with Crippen molar-refractivity contribution in [3.63, 3.8) is 0 Å². The molecule has 14 heavy (non-hydrogen) atoms. The molecule has 0 saturated heterocycles. The second-order valence-electron chi connectivity index (χ2n) is 2.39. The van der Waals surface area contributed by atoms with Gasteiger partial charge in [-0.15, -0.1) is 0 Å². The van der Waals surface area contributed by atoms with Crippen LogP contribution in [0.25, 0.3) is 0 Å². The van der Waals surface area contributed by atoms with Gasteiger partial charge in [-0.1, -0.05) is 5.30 Å². The summed E-state index contributed by atoms with van der Waals surface area (Å²) in [6, 6.07) is 16.9. The van der Waals surface area contributed by atoms with Gasteiger partial charge in [-0.3, -0.25) is 0 Å². The molecular weight excluding hydrogens is 239 g/mol. The average molecular weight is 250 g/mol. The molecule has 2 aromatic rings. The molecule has 0 amide bonds. The van der Waals surface area contributed by atoms with Crippen molar-refractivity contribution in [1.29, 1.82) is 0 Å². The molecule has 0 aromatic heterocycles. The normalized spacial score (nSPS) is 8.79. The minimum absolute atomic E-state index is 0. The minimum Gasteiger partial charge on any atom is -0.356 e. The van der Waals surface area contributed by atoms with Gasteiger partial charge >= 0.3 is 17.1 Å². The zero-order valence-electron chi connectivity index (χ0n) is 7.39. The fraction of sp³-hybridized carbons (Fsp3) is 0. The van der Waals surface area contributed by atoms with Gasteiger partial charge in [0.1, 0.15) is 8.38 Å². The zero-order chi connectivity index (χ0) is 9.52. The average Bonchev–Trinajstić information content (AvgIpc) is 2.82. The van der Waals surface area contributed by atoms with E-state index >= 15 is 0 Å². The van der Waals surface area contributed by atoms with Crippen molar-refractivity contribution in [2.24, 2.45) is 0 Å². The molecule has 0 radical (unpaired) electrons. The first-order valence-corrected chi connectivity index (χ1v) is 5.11. The molecule has 0 spiro atoms. The maximum Gasteiger partial charge on any atom is 2.00 e. The molecule has 2 aromatic carbocycles. The van der Waals surface area contributed by atoms with Crippen LogP contribution in [0.4, 0.5) is 0 Å². The smallest absolute Gasteiger partial charge is 0.356 e. The van der Waals surface area contributed by atoms with Crippen LogP contribution in [0.1, 0.15) is 0 Å². The van der Waals surface area contributed by atoms with E-state index in [1.54, 1.807) is 24.3 Å². The third kappa shape index (κ3) is 5.33. The van der Waals surface area contributed by atoms with E-state index in [0.717, 1.165) is 0 Å². The summed E-state index contributed by atoms with van der Waals surface area (Å²) in [6.07, 6.45) is 0. The van der Waals surface area contributed by atoms with Crippen molar-refractivity contribution in [2.45, 2.75) is 0 Å². The molecule has 0 aliphatic heterocycles. The molecular formula is C10H11FeO2P. The van der Waals surface area contributed by atoms with E-state index in [0.29, 0.717) is 5.30 Å². The maximum atomic E-state index is 8.53. The summed E-state index contributed by atoms with van der Waals surface area (Å²) in [4.78, 5) is 17.1. The SMILES string of the molecule is OP(O)[c-]1cccc1.[Fe+2].c1cc[cH-]c1. The molecule has 0 atom stereocenters.